The van der Waals surface area contributed by atoms with Crippen LogP contribution in [0.25, 0.3) is 0 Å². The molecule has 0 aromatic heterocycles. The molecule has 0 saturated carbocycles. The number of nitro groups is 1. The minimum atomic E-state index is -4.04. The van der Waals surface area contributed by atoms with E-state index in [9.17, 15) is 18.5 Å². The van der Waals surface area contributed by atoms with Crippen molar-refractivity contribution in [2.24, 2.45) is 0 Å². The lowest BCUT2D eigenvalue weighted by atomic mass is 9.88. The van der Waals surface area contributed by atoms with Gasteiger partial charge in [0.2, 0.25) is 10.0 Å². The highest BCUT2D eigenvalue weighted by molar-refractivity contribution is 7.89. The zero-order valence-electron chi connectivity index (χ0n) is 14.1. The molecule has 140 valence electrons. The van der Waals surface area contributed by atoms with Gasteiger partial charge in [-0.2, -0.15) is 0 Å². The number of sulfonamides is 1. The molecule has 3 rings (SSSR count). The average Bonchev–Trinajstić information content (AvgIpc) is 2.53. The molecule has 0 spiro atoms. The van der Waals surface area contributed by atoms with Crippen molar-refractivity contribution in [3.05, 3.63) is 63.2 Å². The number of anilines is 1. The van der Waals surface area contributed by atoms with Crippen molar-refractivity contribution in [2.45, 2.75) is 37.1 Å². The molecule has 1 unspecified atom stereocenters. The highest BCUT2D eigenvalue weighted by Crippen LogP contribution is 2.34. The third-order valence-electron chi connectivity index (χ3n) is 4.44. The first kappa shape index (κ1) is 20.2. The van der Waals surface area contributed by atoms with Crippen molar-refractivity contribution in [2.75, 3.05) is 5.73 Å². The van der Waals surface area contributed by atoms with Crippen LogP contribution in [-0.4, -0.2) is 13.3 Å². The Bertz CT molecular complexity index is 947. The van der Waals surface area contributed by atoms with E-state index in [1.807, 2.05) is 12.1 Å². The Morgan fingerprint density at radius 3 is 2.69 bits per heavy atom. The van der Waals surface area contributed by atoms with Crippen molar-refractivity contribution in [1.82, 2.24) is 4.72 Å². The molecule has 2 aromatic carbocycles. The lowest BCUT2D eigenvalue weighted by molar-refractivity contribution is -0.387. The number of nitro benzene ring substituents is 1. The van der Waals surface area contributed by atoms with E-state index >= 15 is 0 Å². The summed E-state index contributed by atoms with van der Waals surface area (Å²) in [6.07, 6.45) is 2.29. The smallest absolute Gasteiger partial charge is 0.289 e. The van der Waals surface area contributed by atoms with Crippen LogP contribution in [-0.2, 0) is 16.4 Å². The maximum absolute atomic E-state index is 12.9. The van der Waals surface area contributed by atoms with E-state index in [0.29, 0.717) is 17.7 Å². The average molecular weight is 398 g/mol. The summed E-state index contributed by atoms with van der Waals surface area (Å²) in [5.74, 6) is 0. The third kappa shape index (κ3) is 3.82. The van der Waals surface area contributed by atoms with E-state index in [4.69, 9.17) is 5.73 Å². The molecular formula is C17H20ClN3O4S. The van der Waals surface area contributed by atoms with Gasteiger partial charge in [-0.3, -0.25) is 10.1 Å². The number of halogens is 1. The summed E-state index contributed by atoms with van der Waals surface area (Å²) in [5, 5.41) is 11.2. The van der Waals surface area contributed by atoms with Crippen molar-refractivity contribution < 1.29 is 13.3 Å². The molecular weight excluding hydrogens is 378 g/mol. The maximum atomic E-state index is 12.9. The number of fused-ring (bicyclic) bond motifs is 1. The number of rotatable bonds is 4. The van der Waals surface area contributed by atoms with Crippen LogP contribution < -0.4 is 10.5 Å². The fourth-order valence-electron chi connectivity index (χ4n) is 3.33. The van der Waals surface area contributed by atoms with Crippen molar-refractivity contribution in [1.29, 1.82) is 0 Å². The number of nitrogens with two attached hydrogens (primary N) is 1. The van der Waals surface area contributed by atoms with Crippen molar-refractivity contribution >= 4 is 33.8 Å². The number of benzene rings is 2. The van der Waals surface area contributed by atoms with Gasteiger partial charge in [-0.05, 0) is 55.0 Å². The molecule has 0 amide bonds. The quantitative estimate of drug-likeness (QED) is 0.466. The molecule has 9 heteroatoms. The minimum Gasteiger partial charge on any atom is -0.399 e. The standard InChI is InChI=1S/C17H19N3O4S.ClH/c1-11-4-2-7-16(20(21)22)17(11)25(23,24)19-15-6-3-5-12-10-13(18)8-9-14(12)15;/h2,4,7-10,15,19H,3,5-6,18H2,1H3;1H. The summed E-state index contributed by atoms with van der Waals surface area (Å²) in [7, 11) is -4.04. The molecule has 0 heterocycles. The topological polar surface area (TPSA) is 115 Å². The molecule has 26 heavy (non-hydrogen) atoms. The first-order valence-electron chi connectivity index (χ1n) is 7.94. The Morgan fingerprint density at radius 1 is 1.27 bits per heavy atom. The summed E-state index contributed by atoms with van der Waals surface area (Å²) in [5.41, 5.74) is 8.26. The lowest BCUT2D eigenvalue weighted by Gasteiger charge is -2.26. The van der Waals surface area contributed by atoms with Crippen LogP contribution in [0.1, 0.15) is 35.6 Å². The fourth-order valence-corrected chi connectivity index (χ4v) is 4.98. The van der Waals surface area contributed by atoms with Crippen LogP contribution in [0.2, 0.25) is 0 Å². The summed E-state index contributed by atoms with van der Waals surface area (Å²) in [4.78, 5) is 10.3. The fraction of sp³-hybridized carbons (Fsp3) is 0.294. The van der Waals surface area contributed by atoms with E-state index in [-0.39, 0.29) is 17.3 Å². The number of aryl methyl sites for hydroxylation is 2. The molecule has 0 aliphatic heterocycles. The van der Waals surface area contributed by atoms with Crippen LogP contribution in [0.15, 0.2) is 41.3 Å². The van der Waals surface area contributed by atoms with Crippen LogP contribution in [0.5, 0.6) is 0 Å². The Balaban J connectivity index is 0.00000243. The number of nitrogen functional groups attached to an aromatic ring is 1. The van der Waals surface area contributed by atoms with E-state index in [2.05, 4.69) is 4.72 Å². The van der Waals surface area contributed by atoms with E-state index in [1.165, 1.54) is 12.1 Å². The minimum absolute atomic E-state index is 0. The molecule has 7 nitrogen and oxygen atoms in total. The molecule has 0 bridgehead atoms. The zero-order valence-corrected chi connectivity index (χ0v) is 15.8. The highest BCUT2D eigenvalue weighted by atomic mass is 35.5. The van der Waals surface area contributed by atoms with Crippen LogP contribution in [0.4, 0.5) is 11.4 Å². The Morgan fingerprint density at radius 2 is 2.00 bits per heavy atom. The van der Waals surface area contributed by atoms with Crippen molar-refractivity contribution in [3.63, 3.8) is 0 Å². The molecule has 2 aromatic rings. The maximum Gasteiger partial charge on any atom is 0.289 e. The first-order chi connectivity index (χ1) is 11.8. The zero-order chi connectivity index (χ0) is 18.2. The molecule has 1 atom stereocenters. The second-order valence-electron chi connectivity index (χ2n) is 6.20. The summed E-state index contributed by atoms with van der Waals surface area (Å²) in [6, 6.07) is 9.23. The molecule has 3 N–H and O–H groups in total. The molecule has 0 fully saturated rings. The van der Waals surface area contributed by atoms with E-state index in [0.717, 1.165) is 24.0 Å². The predicted molar refractivity (Wildman–Crippen MR) is 102 cm³/mol. The molecule has 0 saturated heterocycles. The van der Waals surface area contributed by atoms with Crippen molar-refractivity contribution in [3.8, 4) is 0 Å². The SMILES string of the molecule is Cc1cccc([N+](=O)[O-])c1S(=O)(=O)NC1CCCc2cc(N)ccc21.Cl. The molecule has 0 radical (unpaired) electrons. The number of hydrogen-bond acceptors (Lipinski definition) is 5. The Labute approximate surface area is 158 Å². The second-order valence-corrected chi connectivity index (χ2v) is 7.86. The number of hydrogen-bond donors (Lipinski definition) is 2. The monoisotopic (exact) mass is 397 g/mol. The number of nitrogens with zero attached hydrogens (tertiary/aromatic N) is 1. The van der Waals surface area contributed by atoms with Gasteiger partial charge in [0.15, 0.2) is 4.90 Å². The third-order valence-corrected chi connectivity index (χ3v) is 6.10. The first-order valence-corrected chi connectivity index (χ1v) is 9.42. The summed E-state index contributed by atoms with van der Waals surface area (Å²) >= 11 is 0. The number of nitrogens with one attached hydrogen (secondary N) is 1. The van der Waals surface area contributed by atoms with Crippen LogP contribution >= 0.6 is 12.4 Å². The summed E-state index contributed by atoms with van der Waals surface area (Å²) < 4.78 is 28.4. The van der Waals surface area contributed by atoms with Gasteiger partial charge in [0.05, 0.1) is 4.92 Å². The largest absolute Gasteiger partial charge is 0.399 e. The normalized spacial score (nSPS) is 16.4. The van der Waals surface area contributed by atoms with Crippen LogP contribution in [0, 0.1) is 17.0 Å². The molecule has 1 aliphatic rings. The van der Waals surface area contributed by atoms with Gasteiger partial charge in [0.25, 0.3) is 5.69 Å². The second kappa shape index (κ2) is 7.61. The van der Waals surface area contributed by atoms with Gasteiger partial charge < -0.3 is 5.73 Å². The van der Waals surface area contributed by atoms with Gasteiger partial charge in [-0.1, -0.05) is 18.2 Å². The van der Waals surface area contributed by atoms with E-state index in [1.54, 1.807) is 19.1 Å². The predicted octanol–water partition coefficient (Wildman–Crippen LogP) is 3.26. The lowest BCUT2D eigenvalue weighted by Crippen LogP contribution is -2.32. The van der Waals surface area contributed by atoms with Gasteiger partial charge in [0.1, 0.15) is 0 Å². The van der Waals surface area contributed by atoms with Gasteiger partial charge >= 0.3 is 0 Å². The molecule has 1 aliphatic carbocycles. The van der Waals surface area contributed by atoms with Gasteiger partial charge in [-0.15, -0.1) is 12.4 Å². The van der Waals surface area contributed by atoms with Gasteiger partial charge in [0, 0.05) is 17.8 Å². The van der Waals surface area contributed by atoms with E-state index < -0.39 is 26.7 Å². The Hall–Kier alpha value is -2.16. The highest BCUT2D eigenvalue weighted by Gasteiger charge is 2.31. The Kier molecular flexibility index (Phi) is 5.90. The summed E-state index contributed by atoms with van der Waals surface area (Å²) in [6.45, 7) is 1.55. The van der Waals surface area contributed by atoms with Gasteiger partial charge in [-0.25, -0.2) is 13.1 Å². The van der Waals surface area contributed by atoms with Crippen LogP contribution in [0.3, 0.4) is 0 Å².